The Balaban J connectivity index is 1.48. The summed E-state index contributed by atoms with van der Waals surface area (Å²) in [7, 11) is 1.85. The molecule has 2 heterocycles. The molecule has 2 aromatic rings. The third-order valence-electron chi connectivity index (χ3n) is 4.93. The van der Waals surface area contributed by atoms with Crippen molar-refractivity contribution in [1.29, 1.82) is 0 Å². The summed E-state index contributed by atoms with van der Waals surface area (Å²) in [5, 5.41) is 0. The second kappa shape index (κ2) is 8.21. The van der Waals surface area contributed by atoms with Gasteiger partial charge in [0.05, 0.1) is 0 Å². The van der Waals surface area contributed by atoms with Gasteiger partial charge in [-0.3, -0.25) is 9.78 Å². The van der Waals surface area contributed by atoms with Gasteiger partial charge in [0, 0.05) is 56.6 Å². The predicted octanol–water partition coefficient (Wildman–Crippen LogP) is 3.00. The summed E-state index contributed by atoms with van der Waals surface area (Å²) in [5.41, 5.74) is 1.66. The number of rotatable bonds is 5. The van der Waals surface area contributed by atoms with Crippen molar-refractivity contribution in [2.75, 3.05) is 26.7 Å². The molecule has 0 unspecified atom stereocenters. The van der Waals surface area contributed by atoms with Crippen LogP contribution in [0.25, 0.3) is 0 Å². The molecule has 0 atom stereocenters. The zero-order valence-corrected chi connectivity index (χ0v) is 14.6. The second-order valence-corrected chi connectivity index (χ2v) is 6.57. The predicted molar refractivity (Wildman–Crippen MR) is 95.9 cm³/mol. The molecular formula is C20H24FN3O. The highest BCUT2D eigenvalue weighted by Crippen LogP contribution is 2.18. The third-order valence-corrected chi connectivity index (χ3v) is 4.93. The summed E-state index contributed by atoms with van der Waals surface area (Å²) in [6.07, 6.45) is 4.71. The average molecular weight is 341 g/mol. The van der Waals surface area contributed by atoms with E-state index in [0.29, 0.717) is 5.56 Å². The number of pyridine rings is 1. The number of benzene rings is 1. The average Bonchev–Trinajstić information content (AvgIpc) is 2.67. The van der Waals surface area contributed by atoms with E-state index in [2.05, 4.69) is 16.0 Å². The number of likely N-dealkylation sites (tertiary alicyclic amines) is 1. The maximum Gasteiger partial charge on any atom is 0.253 e. The monoisotopic (exact) mass is 341 g/mol. The van der Waals surface area contributed by atoms with Crippen LogP contribution in [0.15, 0.2) is 48.7 Å². The van der Waals surface area contributed by atoms with E-state index in [9.17, 15) is 9.18 Å². The van der Waals surface area contributed by atoms with E-state index in [1.54, 1.807) is 12.1 Å². The molecule has 132 valence electrons. The van der Waals surface area contributed by atoms with Crippen molar-refractivity contribution >= 4 is 5.91 Å². The molecule has 1 aromatic heterocycles. The van der Waals surface area contributed by atoms with Gasteiger partial charge < -0.3 is 9.80 Å². The van der Waals surface area contributed by atoms with E-state index in [0.717, 1.165) is 44.6 Å². The summed E-state index contributed by atoms with van der Waals surface area (Å²) in [4.78, 5) is 21.1. The first-order chi connectivity index (χ1) is 12.1. The normalized spacial score (nSPS) is 15.9. The molecule has 1 amide bonds. The van der Waals surface area contributed by atoms with Crippen LogP contribution in [-0.2, 0) is 6.42 Å². The highest BCUT2D eigenvalue weighted by molar-refractivity contribution is 5.94. The van der Waals surface area contributed by atoms with Gasteiger partial charge >= 0.3 is 0 Å². The van der Waals surface area contributed by atoms with Gasteiger partial charge in [-0.15, -0.1) is 0 Å². The van der Waals surface area contributed by atoms with Crippen molar-refractivity contribution < 1.29 is 9.18 Å². The second-order valence-electron chi connectivity index (χ2n) is 6.57. The molecule has 1 aliphatic heterocycles. The molecule has 4 nitrogen and oxygen atoms in total. The molecule has 0 saturated carbocycles. The fourth-order valence-corrected chi connectivity index (χ4v) is 3.31. The maximum atomic E-state index is 13.0. The van der Waals surface area contributed by atoms with E-state index < -0.39 is 0 Å². The molecule has 0 N–H and O–H groups in total. The largest absolute Gasteiger partial charge is 0.339 e. The van der Waals surface area contributed by atoms with Crippen LogP contribution in [0.2, 0.25) is 0 Å². The van der Waals surface area contributed by atoms with Crippen molar-refractivity contribution in [2.24, 2.45) is 0 Å². The van der Waals surface area contributed by atoms with Gasteiger partial charge in [0.25, 0.3) is 5.91 Å². The van der Waals surface area contributed by atoms with Crippen LogP contribution >= 0.6 is 0 Å². The molecule has 0 bridgehead atoms. The van der Waals surface area contributed by atoms with Gasteiger partial charge in [-0.1, -0.05) is 6.07 Å². The number of amides is 1. The zero-order valence-electron chi connectivity index (χ0n) is 14.6. The van der Waals surface area contributed by atoms with Crippen LogP contribution in [-0.4, -0.2) is 53.4 Å². The summed E-state index contributed by atoms with van der Waals surface area (Å²) in [6, 6.07) is 12.0. The molecule has 25 heavy (non-hydrogen) atoms. The highest BCUT2D eigenvalue weighted by atomic mass is 19.1. The number of halogens is 1. The van der Waals surface area contributed by atoms with Crippen LogP contribution in [0.1, 0.15) is 28.9 Å². The van der Waals surface area contributed by atoms with Gasteiger partial charge in [0.15, 0.2) is 0 Å². The molecule has 0 radical (unpaired) electrons. The Bertz CT molecular complexity index is 682. The van der Waals surface area contributed by atoms with Crippen LogP contribution in [0.4, 0.5) is 4.39 Å². The Hall–Kier alpha value is -2.27. The minimum absolute atomic E-state index is 0.0352. The summed E-state index contributed by atoms with van der Waals surface area (Å²) >= 11 is 0. The van der Waals surface area contributed by atoms with Crippen LogP contribution in [0.5, 0.6) is 0 Å². The lowest BCUT2D eigenvalue weighted by molar-refractivity contribution is 0.0643. The Morgan fingerprint density at radius 1 is 1.20 bits per heavy atom. The van der Waals surface area contributed by atoms with E-state index in [4.69, 9.17) is 0 Å². The van der Waals surface area contributed by atoms with Gasteiger partial charge in [-0.05, 0) is 49.2 Å². The van der Waals surface area contributed by atoms with Crippen molar-refractivity contribution in [3.63, 3.8) is 0 Å². The first-order valence-corrected chi connectivity index (χ1v) is 8.78. The Kier molecular flexibility index (Phi) is 5.76. The molecule has 1 fully saturated rings. The van der Waals surface area contributed by atoms with Gasteiger partial charge in [0.2, 0.25) is 0 Å². The molecule has 1 aromatic carbocycles. The van der Waals surface area contributed by atoms with Gasteiger partial charge in [-0.25, -0.2) is 4.39 Å². The number of carbonyl (C=O) groups excluding carboxylic acids is 1. The van der Waals surface area contributed by atoms with Gasteiger partial charge in [0.1, 0.15) is 5.82 Å². The fraction of sp³-hybridized carbons (Fsp3) is 0.400. The third kappa shape index (κ3) is 4.63. The standard InChI is InChI=1S/C20H24FN3O/c1-23(20(25)16-5-7-17(21)8-6-16)19-10-14-24(15-11-19)13-9-18-4-2-3-12-22-18/h2-8,12,19H,9-11,13-15H2,1H3. The lowest BCUT2D eigenvalue weighted by Crippen LogP contribution is -2.46. The Morgan fingerprint density at radius 3 is 2.56 bits per heavy atom. The number of carbonyl (C=O) groups is 1. The van der Waals surface area contributed by atoms with Crippen LogP contribution in [0.3, 0.4) is 0 Å². The smallest absolute Gasteiger partial charge is 0.253 e. The van der Waals surface area contributed by atoms with Crippen molar-refractivity contribution in [3.8, 4) is 0 Å². The molecular weight excluding hydrogens is 317 g/mol. The summed E-state index contributed by atoms with van der Waals surface area (Å²) in [6.45, 7) is 2.97. The Labute approximate surface area is 148 Å². The number of hydrogen-bond acceptors (Lipinski definition) is 3. The van der Waals surface area contributed by atoms with Crippen LogP contribution < -0.4 is 0 Å². The minimum Gasteiger partial charge on any atom is -0.339 e. The maximum absolute atomic E-state index is 13.0. The zero-order chi connectivity index (χ0) is 17.6. The fourth-order valence-electron chi connectivity index (χ4n) is 3.31. The van der Waals surface area contributed by atoms with Crippen molar-refractivity contribution in [3.05, 3.63) is 65.7 Å². The first kappa shape index (κ1) is 17.5. The van der Waals surface area contributed by atoms with E-state index in [-0.39, 0.29) is 17.8 Å². The number of piperidine rings is 1. The summed E-state index contributed by atoms with van der Waals surface area (Å²) in [5.74, 6) is -0.354. The number of hydrogen-bond donors (Lipinski definition) is 0. The number of aromatic nitrogens is 1. The lowest BCUT2D eigenvalue weighted by atomic mass is 10.0. The topological polar surface area (TPSA) is 36.4 Å². The lowest BCUT2D eigenvalue weighted by Gasteiger charge is -2.36. The SMILES string of the molecule is CN(C(=O)c1ccc(F)cc1)C1CCN(CCc2ccccn2)CC1. The highest BCUT2D eigenvalue weighted by Gasteiger charge is 2.25. The Morgan fingerprint density at radius 2 is 1.92 bits per heavy atom. The molecule has 1 aliphatic rings. The van der Waals surface area contributed by atoms with E-state index >= 15 is 0 Å². The quantitative estimate of drug-likeness (QED) is 0.839. The van der Waals surface area contributed by atoms with E-state index in [1.165, 1.54) is 12.1 Å². The van der Waals surface area contributed by atoms with Gasteiger partial charge in [-0.2, -0.15) is 0 Å². The molecule has 0 aliphatic carbocycles. The summed E-state index contributed by atoms with van der Waals surface area (Å²) < 4.78 is 13.0. The minimum atomic E-state index is -0.319. The molecule has 3 rings (SSSR count). The molecule has 5 heteroatoms. The molecule has 0 spiro atoms. The molecule has 1 saturated heterocycles. The van der Waals surface area contributed by atoms with Crippen molar-refractivity contribution in [2.45, 2.75) is 25.3 Å². The van der Waals surface area contributed by atoms with E-state index in [1.807, 2.05) is 30.3 Å². The number of nitrogens with zero attached hydrogens (tertiary/aromatic N) is 3. The van der Waals surface area contributed by atoms with Crippen molar-refractivity contribution in [1.82, 2.24) is 14.8 Å². The van der Waals surface area contributed by atoms with Crippen LogP contribution in [0, 0.1) is 5.82 Å². The first-order valence-electron chi connectivity index (χ1n) is 8.78.